The van der Waals surface area contributed by atoms with Crippen LogP contribution in [0.4, 0.5) is 0 Å². The van der Waals surface area contributed by atoms with Gasteiger partial charge in [-0.15, -0.1) is 0 Å². The Morgan fingerprint density at radius 2 is 1.72 bits per heavy atom. The summed E-state index contributed by atoms with van der Waals surface area (Å²) in [5.41, 5.74) is 1.16. The molecule has 25 heavy (non-hydrogen) atoms. The molecule has 1 aromatic heterocycles. The van der Waals surface area contributed by atoms with E-state index in [9.17, 15) is 4.79 Å². The second-order valence-corrected chi connectivity index (χ2v) is 7.35. The number of nitrogens with zero attached hydrogens (tertiary/aromatic N) is 1. The van der Waals surface area contributed by atoms with Crippen LogP contribution in [0.15, 0.2) is 46.9 Å². The number of halogens is 1. The molecule has 0 amide bonds. The number of carbonyl (C=O) groups excluding carboxylic acids is 1. The van der Waals surface area contributed by atoms with Gasteiger partial charge in [-0.2, -0.15) is 0 Å². The molecule has 1 aromatic carbocycles. The number of rotatable bonds is 7. The minimum absolute atomic E-state index is 0. The van der Waals surface area contributed by atoms with Gasteiger partial charge >= 0.3 is 5.97 Å². The molecule has 4 nitrogen and oxygen atoms in total. The fourth-order valence-corrected chi connectivity index (χ4v) is 2.47. The first kappa shape index (κ1) is 21.7. The molecular weight excluding hydrogens is 429 g/mol. The zero-order valence-corrected chi connectivity index (χ0v) is 17.8. The Bertz CT molecular complexity index is 661. The lowest BCUT2D eigenvalue weighted by molar-refractivity contribution is -0.870. The van der Waals surface area contributed by atoms with Crippen molar-refractivity contribution >= 4 is 5.97 Å². The Hall–Kier alpha value is -1.34. The topological polar surface area (TPSA) is 39.4 Å². The molecule has 138 valence electrons. The monoisotopic (exact) mass is 457 g/mol. The van der Waals surface area contributed by atoms with Crippen LogP contribution in [0.2, 0.25) is 0 Å². The van der Waals surface area contributed by atoms with E-state index in [0.717, 1.165) is 28.8 Å². The van der Waals surface area contributed by atoms with Crippen molar-refractivity contribution in [2.24, 2.45) is 0 Å². The third kappa shape index (κ3) is 6.82. The molecule has 2 aromatic rings. The molecule has 0 saturated carbocycles. The van der Waals surface area contributed by atoms with E-state index >= 15 is 0 Å². The molecule has 0 spiro atoms. The van der Waals surface area contributed by atoms with Crippen LogP contribution in [0.3, 0.4) is 0 Å². The fourth-order valence-electron chi connectivity index (χ4n) is 2.47. The van der Waals surface area contributed by atoms with Crippen LogP contribution >= 0.6 is 0 Å². The van der Waals surface area contributed by atoms with Crippen LogP contribution < -0.4 is 24.0 Å². The van der Waals surface area contributed by atoms with E-state index in [1.807, 2.05) is 31.2 Å². The van der Waals surface area contributed by atoms with Gasteiger partial charge < -0.3 is 37.6 Å². The predicted octanol–water partition coefficient (Wildman–Crippen LogP) is 1.08. The first-order valence-corrected chi connectivity index (χ1v) is 8.42. The van der Waals surface area contributed by atoms with E-state index in [4.69, 9.17) is 9.15 Å². The van der Waals surface area contributed by atoms with Crippen molar-refractivity contribution in [3.05, 3.63) is 59.5 Å². The summed E-state index contributed by atoms with van der Waals surface area (Å²) in [4.78, 5) is 12.2. The molecule has 1 heterocycles. The molecule has 2 atom stereocenters. The van der Waals surface area contributed by atoms with Gasteiger partial charge in [0.2, 0.25) is 5.76 Å². The molecule has 5 heteroatoms. The van der Waals surface area contributed by atoms with Crippen molar-refractivity contribution in [3.63, 3.8) is 0 Å². The number of hydrogen-bond acceptors (Lipinski definition) is 3. The van der Waals surface area contributed by atoms with Gasteiger partial charge in [-0.3, -0.25) is 0 Å². The molecule has 0 aliphatic carbocycles. The van der Waals surface area contributed by atoms with Crippen molar-refractivity contribution in [1.82, 2.24) is 0 Å². The first-order chi connectivity index (χ1) is 11.3. The van der Waals surface area contributed by atoms with Crippen molar-refractivity contribution in [3.8, 4) is 0 Å². The normalized spacial score (nSPS) is 13.6. The van der Waals surface area contributed by atoms with Gasteiger partial charge in [-0.05, 0) is 24.6 Å². The summed E-state index contributed by atoms with van der Waals surface area (Å²) in [6, 6.07) is 13.6. The summed E-state index contributed by atoms with van der Waals surface area (Å²) in [6.07, 6.45) is 0.693. The zero-order chi connectivity index (χ0) is 17.7. The highest BCUT2D eigenvalue weighted by Crippen LogP contribution is 2.26. The fraction of sp³-hybridized carbons (Fsp3) is 0.450. The Labute approximate surface area is 167 Å². The van der Waals surface area contributed by atoms with Gasteiger partial charge in [0.1, 0.15) is 11.9 Å². The van der Waals surface area contributed by atoms with E-state index in [1.54, 1.807) is 6.07 Å². The smallest absolute Gasteiger partial charge is 0.374 e. The number of hydrogen-bond donors (Lipinski definition) is 0. The molecule has 0 bridgehead atoms. The van der Waals surface area contributed by atoms with Gasteiger partial charge in [0.15, 0.2) is 0 Å². The summed E-state index contributed by atoms with van der Waals surface area (Å²) >= 11 is 0. The maximum atomic E-state index is 12.2. The molecule has 0 saturated heterocycles. The van der Waals surface area contributed by atoms with Crippen LogP contribution in [-0.2, 0) is 4.74 Å². The van der Waals surface area contributed by atoms with Crippen LogP contribution in [0.25, 0.3) is 0 Å². The van der Waals surface area contributed by atoms with Gasteiger partial charge in [0.25, 0.3) is 0 Å². The molecule has 0 aliphatic rings. The average Bonchev–Trinajstić information content (AvgIpc) is 3.02. The minimum atomic E-state index is -0.393. The molecule has 0 N–H and O–H groups in total. The number of furan rings is 1. The Morgan fingerprint density at radius 1 is 1.08 bits per heavy atom. The van der Waals surface area contributed by atoms with Crippen molar-refractivity contribution in [2.75, 3.05) is 27.7 Å². The standard InChI is InChI=1S/C20H28NO3.HI/c1-15(13-14-21(3,4)5)23-20(22)19-12-11-18(24-19)16(2)17-9-7-6-8-10-17;/h6-12,15-16H,13-14H2,1-5H3;1H/q+1;/p-1. The molecule has 0 radical (unpaired) electrons. The number of carbonyl (C=O) groups is 1. The highest BCUT2D eigenvalue weighted by Gasteiger charge is 2.20. The van der Waals surface area contributed by atoms with Crippen molar-refractivity contribution < 1.29 is 42.4 Å². The van der Waals surface area contributed by atoms with E-state index in [1.165, 1.54) is 0 Å². The van der Waals surface area contributed by atoms with Crippen LogP contribution in [0, 0.1) is 0 Å². The highest BCUT2D eigenvalue weighted by molar-refractivity contribution is 5.86. The maximum absolute atomic E-state index is 12.2. The molecule has 2 unspecified atom stereocenters. The second kappa shape index (κ2) is 9.38. The van der Waals surface area contributed by atoms with E-state index in [0.29, 0.717) is 0 Å². The van der Waals surface area contributed by atoms with Crippen molar-refractivity contribution in [2.45, 2.75) is 32.3 Å². The largest absolute Gasteiger partial charge is 1.00 e. The summed E-state index contributed by atoms with van der Waals surface area (Å²) in [5.74, 6) is 0.746. The maximum Gasteiger partial charge on any atom is 0.374 e. The van der Waals surface area contributed by atoms with Crippen LogP contribution in [-0.4, -0.2) is 44.2 Å². The van der Waals surface area contributed by atoms with Gasteiger partial charge in [0.05, 0.1) is 27.7 Å². The number of ether oxygens (including phenoxy) is 1. The van der Waals surface area contributed by atoms with Crippen LogP contribution in [0.5, 0.6) is 0 Å². The first-order valence-electron chi connectivity index (χ1n) is 8.42. The number of benzene rings is 1. The minimum Gasteiger partial charge on any atom is -1.00 e. The summed E-state index contributed by atoms with van der Waals surface area (Å²) in [5, 5.41) is 0. The summed E-state index contributed by atoms with van der Waals surface area (Å²) in [6.45, 7) is 4.93. The molecule has 0 fully saturated rings. The zero-order valence-electron chi connectivity index (χ0n) is 15.7. The number of quaternary nitrogens is 1. The Morgan fingerprint density at radius 3 is 2.32 bits per heavy atom. The third-order valence-corrected chi connectivity index (χ3v) is 4.07. The van der Waals surface area contributed by atoms with Gasteiger partial charge in [-0.25, -0.2) is 4.79 Å². The third-order valence-electron chi connectivity index (χ3n) is 4.07. The lowest BCUT2D eigenvalue weighted by atomic mass is 9.99. The van der Waals surface area contributed by atoms with Gasteiger partial charge in [0, 0.05) is 12.3 Å². The number of esters is 1. The lowest BCUT2D eigenvalue weighted by Crippen LogP contribution is -3.00. The van der Waals surface area contributed by atoms with E-state index < -0.39 is 5.97 Å². The summed E-state index contributed by atoms with van der Waals surface area (Å²) in [7, 11) is 6.37. The molecular formula is C20H28INO3. The summed E-state index contributed by atoms with van der Waals surface area (Å²) < 4.78 is 12.1. The highest BCUT2D eigenvalue weighted by atomic mass is 127. The van der Waals surface area contributed by atoms with Crippen LogP contribution in [0.1, 0.15) is 48.1 Å². The SMILES string of the molecule is CC(CC[N+](C)(C)C)OC(=O)c1ccc(C(C)c2ccccc2)o1.[I-]. The quantitative estimate of drug-likeness (QED) is 0.355. The van der Waals surface area contributed by atoms with E-state index in [-0.39, 0.29) is 41.8 Å². The molecule has 2 rings (SSSR count). The average molecular weight is 457 g/mol. The lowest BCUT2D eigenvalue weighted by Gasteiger charge is -2.25. The Balaban J connectivity index is 0.00000312. The van der Waals surface area contributed by atoms with Gasteiger partial charge in [-0.1, -0.05) is 37.3 Å². The van der Waals surface area contributed by atoms with Crippen molar-refractivity contribution in [1.29, 1.82) is 0 Å². The second-order valence-electron chi connectivity index (χ2n) is 7.35. The van der Waals surface area contributed by atoms with E-state index in [2.05, 4.69) is 40.2 Å². The predicted molar refractivity (Wildman–Crippen MR) is 95.1 cm³/mol. The molecule has 0 aliphatic heterocycles. The Kier molecular flexibility index (Phi) is 8.15.